The average Bonchev–Trinajstić information content (AvgIpc) is 2.20. The van der Waals surface area contributed by atoms with Gasteiger partial charge in [-0.25, -0.2) is 4.39 Å². The second-order valence-electron chi connectivity index (χ2n) is 2.84. The monoisotopic (exact) mass is 230 g/mol. The van der Waals surface area contributed by atoms with E-state index in [4.69, 9.17) is 9.84 Å². The molecule has 0 spiro atoms. The maximum atomic E-state index is 13.7. The van der Waals surface area contributed by atoms with Crippen molar-refractivity contribution in [2.45, 2.75) is 11.3 Å². The largest absolute Gasteiger partial charge is 0.495 e. The highest BCUT2D eigenvalue weighted by atomic mass is 32.2. The van der Waals surface area contributed by atoms with E-state index in [-0.39, 0.29) is 12.0 Å². The van der Waals surface area contributed by atoms with Gasteiger partial charge in [0.25, 0.3) is 0 Å². The lowest BCUT2D eigenvalue weighted by Gasteiger charge is -2.09. The summed E-state index contributed by atoms with van der Waals surface area (Å²) in [6, 6.07) is 3.01. The molecule has 0 atom stereocenters. The highest BCUT2D eigenvalue weighted by Gasteiger charge is 2.14. The molecule has 1 aromatic rings. The molecule has 0 fully saturated rings. The molecule has 0 aliphatic carbocycles. The number of carboxylic acid groups (broad SMARTS) is 1. The Labute approximate surface area is 91.2 Å². The van der Waals surface area contributed by atoms with Gasteiger partial charge in [0.1, 0.15) is 11.6 Å². The lowest BCUT2D eigenvalue weighted by molar-refractivity contribution is -0.136. The van der Waals surface area contributed by atoms with Crippen LogP contribution in [0.1, 0.15) is 5.56 Å². The number of rotatable bonds is 4. The summed E-state index contributed by atoms with van der Waals surface area (Å²) in [7, 11) is 1.45. The number of thioether (sulfide) groups is 1. The highest BCUT2D eigenvalue weighted by Crippen LogP contribution is 2.32. The van der Waals surface area contributed by atoms with Gasteiger partial charge in [-0.3, -0.25) is 4.79 Å². The molecular formula is C10H11FO3S. The molecular weight excluding hydrogens is 219 g/mol. The van der Waals surface area contributed by atoms with Gasteiger partial charge in [-0.05, 0) is 12.3 Å². The first kappa shape index (κ1) is 11.8. The third-order valence-corrected chi connectivity index (χ3v) is 2.70. The number of carboxylic acids is 1. The first-order valence-electron chi connectivity index (χ1n) is 4.21. The molecule has 0 heterocycles. The van der Waals surface area contributed by atoms with Gasteiger partial charge in [0.15, 0.2) is 0 Å². The predicted molar refractivity (Wildman–Crippen MR) is 56.1 cm³/mol. The SMILES string of the molecule is COc1ccc(CC(=O)O)c(F)c1SC. The zero-order chi connectivity index (χ0) is 11.4. The number of hydrogen-bond donors (Lipinski definition) is 1. The fourth-order valence-corrected chi connectivity index (χ4v) is 1.89. The first-order valence-corrected chi connectivity index (χ1v) is 5.43. The van der Waals surface area contributed by atoms with Crippen LogP contribution >= 0.6 is 11.8 Å². The summed E-state index contributed by atoms with van der Waals surface area (Å²) < 4.78 is 18.7. The molecule has 0 unspecified atom stereocenters. The summed E-state index contributed by atoms with van der Waals surface area (Å²) >= 11 is 1.19. The van der Waals surface area contributed by atoms with Gasteiger partial charge in [-0.2, -0.15) is 0 Å². The summed E-state index contributed by atoms with van der Waals surface area (Å²) in [5.74, 6) is -1.13. The van der Waals surface area contributed by atoms with Crippen LogP contribution in [-0.4, -0.2) is 24.4 Å². The number of aliphatic carboxylic acids is 1. The first-order chi connectivity index (χ1) is 7.10. The second-order valence-corrected chi connectivity index (χ2v) is 3.66. The minimum atomic E-state index is -1.05. The summed E-state index contributed by atoms with van der Waals surface area (Å²) in [5, 5.41) is 8.58. The van der Waals surface area contributed by atoms with Crippen LogP contribution in [0, 0.1) is 5.82 Å². The van der Waals surface area contributed by atoms with Crippen LogP contribution in [0.5, 0.6) is 5.75 Å². The van der Waals surface area contributed by atoms with Crippen LogP contribution in [0.2, 0.25) is 0 Å². The smallest absolute Gasteiger partial charge is 0.307 e. The zero-order valence-corrected chi connectivity index (χ0v) is 9.23. The summed E-state index contributed by atoms with van der Waals surface area (Å²) in [4.78, 5) is 10.8. The zero-order valence-electron chi connectivity index (χ0n) is 8.41. The topological polar surface area (TPSA) is 46.5 Å². The molecule has 15 heavy (non-hydrogen) atoms. The molecule has 0 saturated heterocycles. The van der Waals surface area contributed by atoms with Gasteiger partial charge in [0.05, 0.1) is 18.4 Å². The fraction of sp³-hybridized carbons (Fsp3) is 0.300. The van der Waals surface area contributed by atoms with Crippen LogP contribution in [0.25, 0.3) is 0 Å². The van der Waals surface area contributed by atoms with Crippen molar-refractivity contribution < 1.29 is 19.0 Å². The highest BCUT2D eigenvalue weighted by molar-refractivity contribution is 7.98. The van der Waals surface area contributed by atoms with Gasteiger partial charge in [-0.1, -0.05) is 6.07 Å². The lowest BCUT2D eigenvalue weighted by atomic mass is 10.1. The van der Waals surface area contributed by atoms with Crippen LogP contribution < -0.4 is 4.74 Å². The third kappa shape index (κ3) is 2.62. The van der Waals surface area contributed by atoms with Crippen molar-refractivity contribution in [1.29, 1.82) is 0 Å². The van der Waals surface area contributed by atoms with Crippen molar-refractivity contribution in [1.82, 2.24) is 0 Å². The number of methoxy groups -OCH3 is 1. The third-order valence-electron chi connectivity index (χ3n) is 1.91. The second kappa shape index (κ2) is 5.02. The van der Waals surface area contributed by atoms with Gasteiger partial charge < -0.3 is 9.84 Å². The van der Waals surface area contributed by atoms with E-state index in [0.717, 1.165) is 0 Å². The standard InChI is InChI=1S/C10H11FO3S/c1-14-7-4-3-6(5-8(12)13)9(11)10(7)15-2/h3-4H,5H2,1-2H3,(H,12,13). The summed E-state index contributed by atoms with van der Waals surface area (Å²) in [6.45, 7) is 0. The number of carbonyl (C=O) groups is 1. The van der Waals surface area contributed by atoms with Crippen molar-refractivity contribution in [2.24, 2.45) is 0 Å². The Morgan fingerprint density at radius 1 is 1.60 bits per heavy atom. The molecule has 0 aromatic heterocycles. The van der Waals surface area contributed by atoms with E-state index in [1.165, 1.54) is 24.9 Å². The van der Waals surface area contributed by atoms with E-state index in [9.17, 15) is 9.18 Å². The quantitative estimate of drug-likeness (QED) is 0.805. The number of benzene rings is 1. The fourth-order valence-electron chi connectivity index (χ4n) is 1.23. The molecule has 0 aliphatic rings. The van der Waals surface area contributed by atoms with E-state index in [2.05, 4.69) is 0 Å². The van der Waals surface area contributed by atoms with Gasteiger partial charge in [0, 0.05) is 5.56 Å². The summed E-state index contributed by atoms with van der Waals surface area (Å²) in [5.41, 5.74) is 0.174. The number of ether oxygens (including phenoxy) is 1. The minimum absolute atomic E-state index is 0.174. The predicted octanol–water partition coefficient (Wildman–Crippen LogP) is 2.18. The van der Waals surface area contributed by atoms with E-state index in [1.54, 1.807) is 12.3 Å². The Morgan fingerprint density at radius 2 is 2.27 bits per heavy atom. The Bertz CT molecular complexity index is 379. The Hall–Kier alpha value is -1.23. The van der Waals surface area contributed by atoms with Crippen molar-refractivity contribution in [3.8, 4) is 5.75 Å². The van der Waals surface area contributed by atoms with E-state index >= 15 is 0 Å². The Balaban J connectivity index is 3.16. The van der Waals surface area contributed by atoms with E-state index in [0.29, 0.717) is 10.6 Å². The molecule has 1 N–H and O–H groups in total. The van der Waals surface area contributed by atoms with Crippen LogP contribution in [-0.2, 0) is 11.2 Å². The Morgan fingerprint density at radius 3 is 2.73 bits per heavy atom. The van der Waals surface area contributed by atoms with Crippen LogP contribution in [0.15, 0.2) is 17.0 Å². The van der Waals surface area contributed by atoms with Crippen molar-refractivity contribution >= 4 is 17.7 Å². The molecule has 5 heteroatoms. The van der Waals surface area contributed by atoms with Crippen molar-refractivity contribution in [3.05, 3.63) is 23.5 Å². The average molecular weight is 230 g/mol. The summed E-state index contributed by atoms with van der Waals surface area (Å²) in [6.07, 6.45) is 1.40. The van der Waals surface area contributed by atoms with Crippen LogP contribution in [0.4, 0.5) is 4.39 Å². The normalized spacial score (nSPS) is 10.1. The van der Waals surface area contributed by atoms with Crippen LogP contribution in [0.3, 0.4) is 0 Å². The molecule has 1 aromatic carbocycles. The van der Waals surface area contributed by atoms with Crippen molar-refractivity contribution in [3.63, 3.8) is 0 Å². The van der Waals surface area contributed by atoms with Gasteiger partial charge >= 0.3 is 5.97 Å². The molecule has 0 aliphatic heterocycles. The molecule has 0 radical (unpaired) electrons. The maximum absolute atomic E-state index is 13.7. The molecule has 0 amide bonds. The lowest BCUT2D eigenvalue weighted by Crippen LogP contribution is -2.04. The minimum Gasteiger partial charge on any atom is -0.495 e. The molecule has 0 bridgehead atoms. The molecule has 3 nitrogen and oxygen atoms in total. The van der Waals surface area contributed by atoms with E-state index in [1.807, 2.05) is 0 Å². The van der Waals surface area contributed by atoms with E-state index < -0.39 is 11.8 Å². The van der Waals surface area contributed by atoms with Gasteiger partial charge in [-0.15, -0.1) is 11.8 Å². The van der Waals surface area contributed by atoms with Gasteiger partial charge in [0.2, 0.25) is 0 Å². The Kier molecular flexibility index (Phi) is 3.96. The molecule has 1 rings (SSSR count). The number of hydrogen-bond acceptors (Lipinski definition) is 3. The number of halogens is 1. The molecule has 82 valence electrons. The molecule has 0 saturated carbocycles. The van der Waals surface area contributed by atoms with Crippen molar-refractivity contribution in [2.75, 3.05) is 13.4 Å². The maximum Gasteiger partial charge on any atom is 0.307 e.